The molecule has 19 heavy (non-hydrogen) atoms. The fraction of sp³-hybridized carbons (Fsp3) is 0.846. The number of rotatable bonds is 4. The van der Waals surface area contributed by atoms with Crippen LogP contribution in [0.3, 0.4) is 0 Å². The highest BCUT2D eigenvalue weighted by Crippen LogP contribution is 2.15. The predicted molar refractivity (Wildman–Crippen MR) is 71.0 cm³/mol. The minimum Gasteiger partial charge on any atom is -0.480 e. The van der Waals surface area contributed by atoms with E-state index in [0.717, 1.165) is 6.42 Å². The van der Waals surface area contributed by atoms with E-state index < -0.39 is 12.0 Å². The van der Waals surface area contributed by atoms with Crippen molar-refractivity contribution in [3.63, 3.8) is 0 Å². The molecule has 0 saturated carbocycles. The molecule has 1 aliphatic heterocycles. The van der Waals surface area contributed by atoms with Crippen LogP contribution in [0.4, 0.5) is 4.79 Å². The number of nitrogens with zero attached hydrogens (tertiary/aromatic N) is 1. The molecule has 2 amide bonds. The van der Waals surface area contributed by atoms with E-state index >= 15 is 0 Å². The van der Waals surface area contributed by atoms with Crippen LogP contribution in [-0.2, 0) is 9.53 Å². The number of morpholine rings is 1. The minimum atomic E-state index is -1.00. The number of amides is 2. The van der Waals surface area contributed by atoms with Crippen LogP contribution in [0, 0.1) is 5.92 Å². The van der Waals surface area contributed by atoms with Crippen molar-refractivity contribution in [2.75, 3.05) is 13.2 Å². The molecule has 3 atom stereocenters. The number of carbonyl (C=O) groups is 2. The van der Waals surface area contributed by atoms with Crippen LogP contribution in [0.15, 0.2) is 0 Å². The molecule has 2 N–H and O–H groups in total. The molecule has 1 saturated heterocycles. The lowest BCUT2D eigenvalue weighted by Gasteiger charge is -2.38. The molecule has 0 aliphatic carbocycles. The van der Waals surface area contributed by atoms with Gasteiger partial charge in [-0.1, -0.05) is 20.8 Å². The Kier molecular flexibility index (Phi) is 5.60. The second kappa shape index (κ2) is 6.75. The van der Waals surface area contributed by atoms with Crippen LogP contribution < -0.4 is 5.32 Å². The third-order valence-corrected chi connectivity index (χ3v) is 3.41. The molecular weight excluding hydrogens is 248 g/mol. The number of ether oxygens (including phenoxy) is 1. The fourth-order valence-corrected chi connectivity index (χ4v) is 2.16. The first-order valence-electron chi connectivity index (χ1n) is 6.78. The molecule has 1 heterocycles. The molecule has 0 aromatic heterocycles. The minimum absolute atomic E-state index is 0.0119. The van der Waals surface area contributed by atoms with Gasteiger partial charge in [0.05, 0.1) is 18.8 Å². The van der Waals surface area contributed by atoms with Crippen molar-refractivity contribution in [3.8, 4) is 0 Å². The molecular formula is C13H24N2O4. The van der Waals surface area contributed by atoms with Gasteiger partial charge in [-0.2, -0.15) is 0 Å². The average Bonchev–Trinajstić information content (AvgIpc) is 2.34. The lowest BCUT2D eigenvalue weighted by molar-refractivity contribution is -0.140. The Morgan fingerprint density at radius 3 is 2.58 bits per heavy atom. The molecule has 1 fully saturated rings. The number of carbonyl (C=O) groups excluding carboxylic acids is 1. The maximum atomic E-state index is 12.2. The standard InChI is InChI=1S/C13H24N2O4/c1-5-10-7-19-9(4)6-15(10)13(18)14-11(8(2)3)12(16)17/h8-11H,5-7H2,1-4H3,(H,14,18)(H,16,17)/t9?,10?,11-/m0/s1. The number of urea groups is 1. The maximum Gasteiger partial charge on any atom is 0.326 e. The number of hydrogen-bond donors (Lipinski definition) is 2. The molecule has 2 unspecified atom stereocenters. The maximum absolute atomic E-state index is 12.2. The molecule has 110 valence electrons. The van der Waals surface area contributed by atoms with Crippen LogP contribution in [0.25, 0.3) is 0 Å². The van der Waals surface area contributed by atoms with E-state index in [9.17, 15) is 9.59 Å². The first kappa shape index (κ1) is 15.8. The second-order valence-corrected chi connectivity index (χ2v) is 5.37. The van der Waals surface area contributed by atoms with Crippen molar-refractivity contribution in [1.29, 1.82) is 0 Å². The summed E-state index contributed by atoms with van der Waals surface area (Å²) in [7, 11) is 0. The SMILES string of the molecule is CCC1COC(C)CN1C(=O)N[C@H](C(=O)O)C(C)C. The third kappa shape index (κ3) is 4.09. The molecule has 1 rings (SSSR count). The van der Waals surface area contributed by atoms with Crippen LogP contribution in [0.2, 0.25) is 0 Å². The summed E-state index contributed by atoms with van der Waals surface area (Å²) in [5.74, 6) is -1.15. The lowest BCUT2D eigenvalue weighted by atomic mass is 10.0. The second-order valence-electron chi connectivity index (χ2n) is 5.37. The summed E-state index contributed by atoms with van der Waals surface area (Å²) >= 11 is 0. The van der Waals surface area contributed by atoms with Crippen molar-refractivity contribution in [1.82, 2.24) is 10.2 Å². The zero-order chi connectivity index (χ0) is 14.6. The van der Waals surface area contributed by atoms with Gasteiger partial charge in [-0.25, -0.2) is 9.59 Å². The number of carboxylic acids is 1. The highest BCUT2D eigenvalue weighted by atomic mass is 16.5. The van der Waals surface area contributed by atoms with Crippen molar-refractivity contribution in [2.45, 2.75) is 52.3 Å². The van der Waals surface area contributed by atoms with Gasteiger partial charge in [-0.05, 0) is 19.3 Å². The van der Waals surface area contributed by atoms with Crippen LogP contribution in [-0.4, -0.2) is 53.3 Å². The molecule has 6 nitrogen and oxygen atoms in total. The predicted octanol–water partition coefficient (Wildman–Crippen LogP) is 1.30. The lowest BCUT2D eigenvalue weighted by Crippen LogP contribution is -2.57. The number of carboxylic acid groups (broad SMARTS) is 1. The summed E-state index contributed by atoms with van der Waals surface area (Å²) in [6.45, 7) is 8.45. The summed E-state index contributed by atoms with van der Waals surface area (Å²) in [6.07, 6.45) is 0.774. The average molecular weight is 272 g/mol. The zero-order valence-electron chi connectivity index (χ0n) is 12.0. The topological polar surface area (TPSA) is 78.9 Å². The van der Waals surface area contributed by atoms with Gasteiger partial charge in [-0.3, -0.25) is 0 Å². The van der Waals surface area contributed by atoms with Gasteiger partial charge in [0.25, 0.3) is 0 Å². The van der Waals surface area contributed by atoms with E-state index in [1.165, 1.54) is 0 Å². The monoisotopic (exact) mass is 272 g/mol. The van der Waals surface area contributed by atoms with Crippen LogP contribution in [0.5, 0.6) is 0 Å². The first-order chi connectivity index (χ1) is 8.86. The molecule has 0 spiro atoms. The fourth-order valence-electron chi connectivity index (χ4n) is 2.16. The third-order valence-electron chi connectivity index (χ3n) is 3.41. The normalized spacial score (nSPS) is 25.2. The Bertz CT molecular complexity index is 333. The van der Waals surface area contributed by atoms with Gasteiger partial charge in [-0.15, -0.1) is 0 Å². The number of hydrogen-bond acceptors (Lipinski definition) is 3. The number of nitrogens with one attached hydrogen (secondary N) is 1. The molecule has 0 radical (unpaired) electrons. The Labute approximate surface area is 114 Å². The Hall–Kier alpha value is -1.30. The van der Waals surface area contributed by atoms with E-state index in [1.807, 2.05) is 13.8 Å². The van der Waals surface area contributed by atoms with E-state index in [1.54, 1.807) is 18.7 Å². The molecule has 0 aromatic rings. The molecule has 1 aliphatic rings. The largest absolute Gasteiger partial charge is 0.480 e. The number of aliphatic carboxylic acids is 1. The van der Waals surface area contributed by atoms with Crippen molar-refractivity contribution in [2.24, 2.45) is 5.92 Å². The summed E-state index contributed by atoms with van der Waals surface area (Å²) in [5.41, 5.74) is 0. The van der Waals surface area contributed by atoms with Crippen LogP contribution >= 0.6 is 0 Å². The van der Waals surface area contributed by atoms with Crippen molar-refractivity contribution >= 4 is 12.0 Å². The Morgan fingerprint density at radius 1 is 1.47 bits per heavy atom. The summed E-state index contributed by atoms with van der Waals surface area (Å²) in [4.78, 5) is 25.0. The quantitative estimate of drug-likeness (QED) is 0.808. The van der Waals surface area contributed by atoms with Gasteiger partial charge >= 0.3 is 12.0 Å². The van der Waals surface area contributed by atoms with Gasteiger partial charge in [0.1, 0.15) is 6.04 Å². The highest BCUT2D eigenvalue weighted by Gasteiger charge is 2.32. The summed E-state index contributed by atoms with van der Waals surface area (Å²) in [5, 5.41) is 11.7. The van der Waals surface area contributed by atoms with Crippen LogP contribution in [0.1, 0.15) is 34.1 Å². The Morgan fingerprint density at radius 2 is 2.11 bits per heavy atom. The summed E-state index contributed by atoms with van der Waals surface area (Å²) < 4.78 is 5.52. The van der Waals surface area contributed by atoms with Crippen molar-refractivity contribution < 1.29 is 19.4 Å². The first-order valence-corrected chi connectivity index (χ1v) is 6.78. The molecule has 0 bridgehead atoms. The van der Waals surface area contributed by atoms with E-state index in [4.69, 9.17) is 9.84 Å². The Balaban J connectivity index is 2.71. The van der Waals surface area contributed by atoms with Gasteiger partial charge < -0.3 is 20.1 Å². The van der Waals surface area contributed by atoms with E-state index in [-0.39, 0.29) is 24.1 Å². The summed E-state index contributed by atoms with van der Waals surface area (Å²) in [6, 6.07) is -1.16. The van der Waals surface area contributed by atoms with Crippen molar-refractivity contribution in [3.05, 3.63) is 0 Å². The van der Waals surface area contributed by atoms with E-state index in [2.05, 4.69) is 5.32 Å². The van der Waals surface area contributed by atoms with Gasteiger partial charge in [0.15, 0.2) is 0 Å². The molecule has 6 heteroatoms. The highest BCUT2D eigenvalue weighted by molar-refractivity contribution is 5.83. The molecule has 0 aromatic carbocycles. The van der Waals surface area contributed by atoms with Gasteiger partial charge in [0, 0.05) is 6.54 Å². The zero-order valence-corrected chi connectivity index (χ0v) is 12.0. The van der Waals surface area contributed by atoms with Gasteiger partial charge in [0.2, 0.25) is 0 Å². The smallest absolute Gasteiger partial charge is 0.326 e. The van der Waals surface area contributed by atoms with E-state index in [0.29, 0.717) is 13.2 Å².